The van der Waals surface area contributed by atoms with Crippen molar-refractivity contribution in [2.24, 2.45) is 17.1 Å². The van der Waals surface area contributed by atoms with Crippen LogP contribution >= 0.6 is 0 Å². The molecule has 47 heavy (non-hydrogen) atoms. The molecule has 258 valence electrons. The molecular formula is C33H45FN4O8S. The van der Waals surface area contributed by atoms with E-state index < -0.39 is 67.9 Å². The van der Waals surface area contributed by atoms with Crippen LogP contribution in [0.5, 0.6) is 0 Å². The van der Waals surface area contributed by atoms with Gasteiger partial charge in [-0.2, -0.15) is 0 Å². The van der Waals surface area contributed by atoms with Crippen molar-refractivity contribution in [3.8, 4) is 0 Å². The fraction of sp³-hybridized carbons (Fsp3) is 0.636. The molecule has 4 N–H and O–H groups in total. The number of amides is 3. The predicted octanol–water partition coefficient (Wildman–Crippen LogP) is 2.67. The number of nitrogens with one attached hydrogen (secondary N) is 1. The third-order valence-corrected chi connectivity index (χ3v) is 12.5. The smallest absolute Gasteiger partial charge is 0.410 e. The second-order valence-corrected chi connectivity index (χ2v) is 15.8. The molecule has 0 unspecified atom stereocenters. The van der Waals surface area contributed by atoms with Crippen LogP contribution in [0, 0.1) is 17.2 Å². The number of nitrogens with zero attached hydrogens (tertiary/aromatic N) is 2. The molecule has 1 aromatic carbocycles. The van der Waals surface area contributed by atoms with E-state index in [2.05, 4.69) is 4.72 Å². The minimum Gasteiger partial charge on any atom is -0.444 e. The topological polar surface area (TPSA) is 176 Å². The lowest BCUT2D eigenvalue weighted by Crippen LogP contribution is -2.50. The molecule has 5 aliphatic rings. The molecule has 0 spiro atoms. The van der Waals surface area contributed by atoms with Crippen molar-refractivity contribution in [1.82, 2.24) is 14.5 Å². The summed E-state index contributed by atoms with van der Waals surface area (Å²) < 4.78 is 47.2. The van der Waals surface area contributed by atoms with Crippen LogP contribution in [-0.2, 0) is 42.2 Å². The number of nitrogens with two attached hydrogens (primary N) is 1. The number of hydrogen-bond donors (Lipinski definition) is 3. The molecule has 3 heterocycles. The molecule has 6 rings (SSSR count). The maximum Gasteiger partial charge on any atom is 0.410 e. The number of hydrogen-bond acceptors (Lipinski definition) is 9. The van der Waals surface area contributed by atoms with E-state index in [1.807, 2.05) is 12.2 Å². The van der Waals surface area contributed by atoms with Gasteiger partial charge in [-0.1, -0.05) is 37.1 Å². The van der Waals surface area contributed by atoms with Crippen LogP contribution in [0.2, 0.25) is 0 Å². The summed E-state index contributed by atoms with van der Waals surface area (Å²) in [4.78, 5) is 57.0. The summed E-state index contributed by atoms with van der Waals surface area (Å²) in [6, 6.07) is 2.83. The number of sulfonamides is 1. The first-order valence-corrected chi connectivity index (χ1v) is 17.8. The number of fused-ring (bicyclic) bond motifs is 3. The summed E-state index contributed by atoms with van der Waals surface area (Å²) in [5, 5.41) is 7.00. The molecule has 2 saturated carbocycles. The number of halogens is 1. The largest absolute Gasteiger partial charge is 0.444 e. The number of rotatable bonds is 4. The molecule has 14 heteroatoms. The van der Waals surface area contributed by atoms with Crippen LogP contribution < -0.4 is 10.5 Å². The van der Waals surface area contributed by atoms with E-state index in [4.69, 9.17) is 15.6 Å². The van der Waals surface area contributed by atoms with Gasteiger partial charge in [0.1, 0.15) is 11.9 Å². The van der Waals surface area contributed by atoms with Crippen LogP contribution in [0.3, 0.4) is 0 Å². The lowest BCUT2D eigenvalue weighted by atomic mass is 9.91. The maximum atomic E-state index is 14.3. The monoisotopic (exact) mass is 676 g/mol. The fourth-order valence-electron chi connectivity index (χ4n) is 6.91. The van der Waals surface area contributed by atoms with E-state index in [1.165, 1.54) is 15.9 Å². The quantitative estimate of drug-likeness (QED) is 0.405. The Bertz CT molecular complexity index is 1550. The number of carbonyl (C=O) groups excluding carboxylic acids is 4. The Morgan fingerprint density at radius 1 is 1.13 bits per heavy atom. The summed E-state index contributed by atoms with van der Waals surface area (Å²) in [6.07, 6.45) is 7.03. The zero-order valence-corrected chi connectivity index (χ0v) is 27.8. The highest BCUT2D eigenvalue weighted by atomic mass is 32.2. The van der Waals surface area contributed by atoms with Gasteiger partial charge in [-0.25, -0.2) is 17.6 Å². The SMILES string of the molecule is CC1(S(=O)(=O)NC(=O)[C@]23CC(=O)[C@@H]4C[C@@H](OC(=O)N5Cc6cccc(F)c6C5)CN4C(=O)[C@@H](N)CCCCC/C=C\[C@@H]2C3)CC1.CO. The molecule has 0 bridgehead atoms. The lowest BCUT2D eigenvalue weighted by molar-refractivity contribution is -0.140. The number of aliphatic hydroxyl groups excluding tert-OH is 1. The second kappa shape index (κ2) is 13.6. The van der Waals surface area contributed by atoms with E-state index >= 15 is 0 Å². The number of benzene rings is 1. The second-order valence-electron chi connectivity index (χ2n) is 13.6. The summed E-state index contributed by atoms with van der Waals surface area (Å²) in [5.74, 6) is -2.23. The highest BCUT2D eigenvalue weighted by Crippen LogP contribution is 2.57. The van der Waals surface area contributed by atoms with Crippen LogP contribution in [0.15, 0.2) is 30.4 Å². The average molecular weight is 677 g/mol. The van der Waals surface area contributed by atoms with E-state index in [-0.39, 0.29) is 38.4 Å². The van der Waals surface area contributed by atoms with Crippen molar-refractivity contribution < 1.29 is 41.8 Å². The van der Waals surface area contributed by atoms with Crippen LogP contribution in [-0.4, -0.2) is 83.6 Å². The Morgan fingerprint density at radius 3 is 2.57 bits per heavy atom. The van der Waals surface area contributed by atoms with Crippen LogP contribution in [0.4, 0.5) is 9.18 Å². The van der Waals surface area contributed by atoms with Gasteiger partial charge >= 0.3 is 6.09 Å². The summed E-state index contributed by atoms with van der Waals surface area (Å²) in [5.41, 5.74) is 6.17. The molecule has 0 aromatic heterocycles. The molecule has 12 nitrogen and oxygen atoms in total. The van der Waals surface area contributed by atoms with E-state index in [9.17, 15) is 32.0 Å². The summed E-state index contributed by atoms with van der Waals surface area (Å²) >= 11 is 0. The van der Waals surface area contributed by atoms with Gasteiger partial charge in [0.05, 0.1) is 35.3 Å². The van der Waals surface area contributed by atoms with Crippen LogP contribution in [0.25, 0.3) is 0 Å². The molecule has 1 aromatic rings. The van der Waals surface area contributed by atoms with Crippen molar-refractivity contribution in [2.75, 3.05) is 13.7 Å². The molecular weight excluding hydrogens is 631 g/mol. The Morgan fingerprint density at radius 2 is 1.87 bits per heavy atom. The first-order chi connectivity index (χ1) is 22.3. The number of ether oxygens (including phenoxy) is 1. The molecule has 3 fully saturated rings. The predicted molar refractivity (Wildman–Crippen MR) is 169 cm³/mol. The molecule has 2 aliphatic carbocycles. The first-order valence-electron chi connectivity index (χ1n) is 16.3. The molecule has 5 atom stereocenters. The van der Waals surface area contributed by atoms with Gasteiger partial charge in [-0.05, 0) is 63.0 Å². The van der Waals surface area contributed by atoms with Gasteiger partial charge in [0.25, 0.3) is 0 Å². The van der Waals surface area contributed by atoms with Gasteiger partial charge < -0.3 is 20.5 Å². The van der Waals surface area contributed by atoms with Crippen molar-refractivity contribution in [3.63, 3.8) is 0 Å². The van der Waals surface area contributed by atoms with E-state index in [0.29, 0.717) is 36.8 Å². The maximum absolute atomic E-state index is 14.3. The minimum atomic E-state index is -3.92. The van der Waals surface area contributed by atoms with Crippen molar-refractivity contribution >= 4 is 33.7 Å². The Kier molecular flexibility index (Phi) is 10.1. The number of ketones is 1. The van der Waals surface area contributed by atoms with E-state index in [0.717, 1.165) is 32.8 Å². The highest BCUT2D eigenvalue weighted by molar-refractivity contribution is 7.91. The number of aliphatic hydroxyl groups is 1. The molecule has 3 amide bonds. The zero-order chi connectivity index (χ0) is 34.1. The summed E-state index contributed by atoms with van der Waals surface area (Å²) in [7, 11) is -2.92. The Labute approximate surface area is 274 Å². The Balaban J connectivity index is 0.00000213. The minimum absolute atomic E-state index is 0.0206. The lowest BCUT2D eigenvalue weighted by Gasteiger charge is -2.27. The normalized spacial score (nSPS) is 30.7. The van der Waals surface area contributed by atoms with Gasteiger partial charge in [-0.15, -0.1) is 0 Å². The summed E-state index contributed by atoms with van der Waals surface area (Å²) in [6.45, 7) is 1.79. The standard InChI is InChI=1S/C32H41FN4O7S.CH4O/c1-31(12-13-31)45(42,43)35-29(40)32-15-21(32)9-5-3-2-4-6-11-25(34)28(39)37-18-22(14-26(37)27(38)16-32)44-30(41)36-17-20-8-7-10-24(33)23(20)19-36;1-2/h5,7-10,21-22,25-26H,2-4,6,11-19,34H2,1H3,(H,35,40);2H,1H3/b9-5-;/t21-,22-,25+,26+,32-;/m1./s1. The van der Waals surface area contributed by atoms with Crippen molar-refractivity contribution in [3.05, 3.63) is 47.3 Å². The zero-order valence-electron chi connectivity index (χ0n) is 27.0. The highest BCUT2D eigenvalue weighted by Gasteiger charge is 2.62. The molecule has 1 saturated heterocycles. The number of carbonyl (C=O) groups is 4. The average Bonchev–Trinajstić information content (AvgIpc) is 3.83. The number of Topliss-reactive ketones (excluding diaryl/α,β-unsaturated/α-hetero) is 1. The van der Waals surface area contributed by atoms with Crippen LogP contribution in [0.1, 0.15) is 82.3 Å². The fourth-order valence-corrected chi connectivity index (χ4v) is 8.24. The van der Waals surface area contributed by atoms with Crippen molar-refractivity contribution in [2.45, 2.75) is 107 Å². The molecule has 3 aliphatic heterocycles. The number of allylic oxidation sites excluding steroid dienone is 2. The Hall–Kier alpha value is -3.36. The van der Waals surface area contributed by atoms with Gasteiger partial charge in [0, 0.05) is 32.1 Å². The first kappa shape index (κ1) is 35.0. The van der Waals surface area contributed by atoms with Gasteiger partial charge in [0.15, 0.2) is 5.78 Å². The van der Waals surface area contributed by atoms with Gasteiger partial charge in [0.2, 0.25) is 21.8 Å². The van der Waals surface area contributed by atoms with E-state index in [1.54, 1.807) is 19.1 Å². The third kappa shape index (κ3) is 7.09. The van der Waals surface area contributed by atoms with Crippen molar-refractivity contribution in [1.29, 1.82) is 0 Å². The van der Waals surface area contributed by atoms with Gasteiger partial charge in [-0.3, -0.25) is 24.0 Å². The molecule has 0 radical (unpaired) electrons. The third-order valence-electron chi connectivity index (χ3n) is 10.3.